The third-order valence-electron chi connectivity index (χ3n) is 7.28. The Hall–Kier alpha value is -4.86. The number of para-hydroxylation sites is 1. The van der Waals surface area contributed by atoms with E-state index in [4.69, 9.17) is 14.5 Å². The van der Waals surface area contributed by atoms with Gasteiger partial charge in [-0.15, -0.1) is 0 Å². The van der Waals surface area contributed by atoms with E-state index in [9.17, 15) is 24.5 Å². The maximum Gasteiger partial charge on any atom is 0.355 e. The summed E-state index contributed by atoms with van der Waals surface area (Å²) in [4.78, 5) is 55.5. The molecule has 0 saturated heterocycles. The minimum atomic E-state index is -1.87. The molecule has 0 saturated carbocycles. The van der Waals surface area contributed by atoms with E-state index in [0.29, 0.717) is 17.9 Å². The molecular formula is C28H21N3O7. The fourth-order valence-corrected chi connectivity index (χ4v) is 5.29. The summed E-state index contributed by atoms with van der Waals surface area (Å²) in [6.45, 7) is 3.25. The van der Waals surface area contributed by atoms with Crippen molar-refractivity contribution in [3.8, 4) is 11.4 Å². The molecule has 1 atom stereocenters. The van der Waals surface area contributed by atoms with Gasteiger partial charge in [0.2, 0.25) is 5.60 Å². The van der Waals surface area contributed by atoms with Crippen LogP contribution in [0.25, 0.3) is 22.3 Å². The van der Waals surface area contributed by atoms with Crippen LogP contribution in [-0.4, -0.2) is 26.4 Å². The summed E-state index contributed by atoms with van der Waals surface area (Å²) >= 11 is 0. The van der Waals surface area contributed by atoms with Crippen molar-refractivity contribution in [1.82, 2.24) is 9.55 Å². The van der Waals surface area contributed by atoms with E-state index >= 15 is 0 Å². The molecule has 0 N–H and O–H groups in total. The average molecular weight is 511 g/mol. The van der Waals surface area contributed by atoms with Crippen molar-refractivity contribution in [1.29, 1.82) is 0 Å². The largest absolute Gasteiger partial charge is 0.457 e. The molecule has 38 heavy (non-hydrogen) atoms. The van der Waals surface area contributed by atoms with E-state index in [0.717, 1.165) is 16.5 Å². The van der Waals surface area contributed by atoms with E-state index < -0.39 is 22.5 Å². The Kier molecular flexibility index (Phi) is 5.16. The van der Waals surface area contributed by atoms with Crippen LogP contribution in [0.5, 0.6) is 0 Å². The molecule has 0 unspecified atom stereocenters. The Labute approximate surface area is 215 Å². The molecule has 4 aromatic rings. The number of ether oxygens (including phenoxy) is 2. The Morgan fingerprint density at radius 3 is 2.71 bits per heavy atom. The van der Waals surface area contributed by atoms with Crippen molar-refractivity contribution in [2.45, 2.75) is 39.0 Å². The highest BCUT2D eigenvalue weighted by atomic mass is 16.6. The monoisotopic (exact) mass is 511 g/mol. The molecule has 0 fully saturated rings. The van der Waals surface area contributed by atoms with E-state index in [1.165, 1.54) is 25.1 Å². The summed E-state index contributed by atoms with van der Waals surface area (Å²) in [6, 6.07) is 15.2. The molecular weight excluding hydrogens is 490 g/mol. The smallest absolute Gasteiger partial charge is 0.355 e. The molecule has 0 amide bonds. The lowest BCUT2D eigenvalue weighted by Gasteiger charge is -2.35. The van der Waals surface area contributed by atoms with Crippen molar-refractivity contribution >= 4 is 28.5 Å². The number of aromatic nitrogens is 2. The number of nitro benzene ring substituents is 1. The van der Waals surface area contributed by atoms with Crippen molar-refractivity contribution < 1.29 is 24.0 Å². The van der Waals surface area contributed by atoms with Gasteiger partial charge >= 0.3 is 11.9 Å². The van der Waals surface area contributed by atoms with E-state index in [1.807, 2.05) is 30.3 Å². The van der Waals surface area contributed by atoms with E-state index in [2.05, 4.69) is 0 Å². The predicted octanol–water partition coefficient (Wildman–Crippen LogP) is 4.16. The average Bonchev–Trinajstić information content (AvgIpc) is 3.26. The molecule has 2 aliphatic heterocycles. The summed E-state index contributed by atoms with van der Waals surface area (Å²) in [5.41, 5.74) is 1.26. The number of aryl methyl sites for hydroxylation is 1. The van der Waals surface area contributed by atoms with Crippen LogP contribution >= 0.6 is 0 Å². The fraction of sp³-hybridized carbons (Fsp3) is 0.214. The standard InChI is InChI=1S/C28H21N3O7/c1-3-28(38-26(33)17-8-9-22(31(35)36)15(2)10-17)20-12-23-24-18(11-16-6-4-5-7-21(16)29-24)13-30(23)25(32)19(20)14-37-27(28)34/h4-12H,3,13-14H2,1-2H3/t28-/m0/s1. The Morgan fingerprint density at radius 2 is 1.97 bits per heavy atom. The molecule has 190 valence electrons. The highest BCUT2D eigenvalue weighted by Crippen LogP contribution is 2.41. The van der Waals surface area contributed by atoms with Crippen molar-refractivity contribution in [2.75, 3.05) is 0 Å². The van der Waals surface area contributed by atoms with Gasteiger partial charge in [-0.3, -0.25) is 14.9 Å². The number of nitrogens with zero attached hydrogens (tertiary/aromatic N) is 3. The van der Waals surface area contributed by atoms with Gasteiger partial charge in [-0.2, -0.15) is 0 Å². The Balaban J connectivity index is 1.48. The molecule has 2 aromatic carbocycles. The number of pyridine rings is 2. The molecule has 4 heterocycles. The van der Waals surface area contributed by atoms with Crippen LogP contribution in [0.2, 0.25) is 0 Å². The summed E-state index contributed by atoms with van der Waals surface area (Å²) in [5.74, 6) is -1.65. The number of carbonyl (C=O) groups excluding carboxylic acids is 2. The first-order valence-corrected chi connectivity index (χ1v) is 12.1. The summed E-state index contributed by atoms with van der Waals surface area (Å²) in [7, 11) is 0. The van der Waals surface area contributed by atoms with Crippen LogP contribution in [0.3, 0.4) is 0 Å². The highest BCUT2D eigenvalue weighted by molar-refractivity contribution is 5.94. The molecule has 0 aliphatic carbocycles. The van der Waals surface area contributed by atoms with E-state index in [-0.39, 0.29) is 46.5 Å². The van der Waals surface area contributed by atoms with Gasteiger partial charge in [0, 0.05) is 28.1 Å². The van der Waals surface area contributed by atoms with Crippen LogP contribution in [0.1, 0.15) is 46.0 Å². The van der Waals surface area contributed by atoms with Gasteiger partial charge in [0.05, 0.1) is 39.5 Å². The third kappa shape index (κ3) is 3.33. The van der Waals surface area contributed by atoms with Crippen LogP contribution in [0.4, 0.5) is 5.69 Å². The minimum Gasteiger partial charge on any atom is -0.457 e. The van der Waals surface area contributed by atoms with Crippen molar-refractivity contribution in [3.63, 3.8) is 0 Å². The second-order valence-corrected chi connectivity index (χ2v) is 9.41. The lowest BCUT2D eigenvalue weighted by atomic mass is 9.85. The first kappa shape index (κ1) is 23.5. The zero-order valence-electron chi connectivity index (χ0n) is 20.5. The molecule has 0 bridgehead atoms. The second kappa shape index (κ2) is 8.34. The van der Waals surface area contributed by atoms with Crippen LogP contribution in [0, 0.1) is 17.0 Å². The number of esters is 2. The number of rotatable bonds is 4. The molecule has 6 rings (SSSR count). The number of hydrogen-bond donors (Lipinski definition) is 0. The Morgan fingerprint density at radius 1 is 1.18 bits per heavy atom. The maximum absolute atomic E-state index is 13.6. The lowest BCUT2D eigenvalue weighted by Crippen LogP contribution is -2.47. The highest BCUT2D eigenvalue weighted by Gasteiger charge is 2.50. The predicted molar refractivity (Wildman–Crippen MR) is 136 cm³/mol. The first-order valence-electron chi connectivity index (χ1n) is 12.1. The zero-order valence-corrected chi connectivity index (χ0v) is 20.5. The normalized spacial score (nSPS) is 17.4. The zero-order chi connectivity index (χ0) is 26.8. The number of hydrogen-bond acceptors (Lipinski definition) is 8. The quantitative estimate of drug-likeness (QED) is 0.200. The van der Waals surface area contributed by atoms with Crippen molar-refractivity contribution in [3.05, 3.63) is 103 Å². The minimum absolute atomic E-state index is 0.0113. The van der Waals surface area contributed by atoms with Crippen molar-refractivity contribution in [2.24, 2.45) is 0 Å². The van der Waals surface area contributed by atoms with Gasteiger partial charge in [0.25, 0.3) is 11.2 Å². The van der Waals surface area contributed by atoms with Crippen LogP contribution in [0.15, 0.2) is 59.4 Å². The molecule has 0 spiro atoms. The number of carbonyl (C=O) groups is 2. The summed E-state index contributed by atoms with van der Waals surface area (Å²) < 4.78 is 12.8. The number of benzene rings is 2. The fourth-order valence-electron chi connectivity index (χ4n) is 5.29. The van der Waals surface area contributed by atoms with Gasteiger partial charge < -0.3 is 14.0 Å². The second-order valence-electron chi connectivity index (χ2n) is 9.41. The summed E-state index contributed by atoms with van der Waals surface area (Å²) in [6.07, 6.45) is 0.0113. The van der Waals surface area contributed by atoms with Gasteiger partial charge in [0.15, 0.2) is 0 Å². The SMILES string of the molecule is CC[C@@]1(OC(=O)c2ccc([N+](=O)[O-])c(C)c2)C(=O)OCc2c1cc1n(c2=O)Cc2cc3ccccc3nc2-1. The number of nitro groups is 1. The van der Waals surface area contributed by atoms with Gasteiger partial charge in [-0.1, -0.05) is 25.1 Å². The van der Waals surface area contributed by atoms with Gasteiger partial charge in [-0.25, -0.2) is 14.6 Å². The van der Waals surface area contributed by atoms with Crippen LogP contribution in [-0.2, 0) is 33.0 Å². The number of cyclic esters (lactones) is 1. The van der Waals surface area contributed by atoms with E-state index in [1.54, 1.807) is 17.6 Å². The number of fused-ring (bicyclic) bond motifs is 5. The molecule has 10 nitrogen and oxygen atoms in total. The molecule has 2 aliphatic rings. The lowest BCUT2D eigenvalue weighted by molar-refractivity contribution is -0.385. The molecule has 10 heteroatoms. The van der Waals surface area contributed by atoms with Gasteiger partial charge in [0.1, 0.15) is 6.61 Å². The molecule has 2 aromatic heterocycles. The summed E-state index contributed by atoms with van der Waals surface area (Å²) in [5, 5.41) is 12.1. The topological polar surface area (TPSA) is 131 Å². The van der Waals surface area contributed by atoms with Gasteiger partial charge in [-0.05, 0) is 43.7 Å². The van der Waals surface area contributed by atoms with Crippen LogP contribution < -0.4 is 5.56 Å². The first-order chi connectivity index (χ1) is 18.2. The third-order valence-corrected chi connectivity index (χ3v) is 7.28. The Bertz CT molecular complexity index is 1770. The maximum atomic E-state index is 13.6. The molecule has 0 radical (unpaired) electrons.